The van der Waals surface area contributed by atoms with E-state index >= 15 is 4.39 Å². The van der Waals surface area contributed by atoms with Crippen LogP contribution in [0.2, 0.25) is 0 Å². The van der Waals surface area contributed by atoms with Gasteiger partial charge >= 0.3 is 12.1 Å². The lowest BCUT2D eigenvalue weighted by molar-refractivity contribution is -0.158. The first-order chi connectivity index (χ1) is 14.5. The molecule has 6 nitrogen and oxygen atoms in total. The minimum Gasteiger partial charge on any atom is -0.467 e. The number of fused-ring (bicyclic) bond motifs is 1. The van der Waals surface area contributed by atoms with Crippen LogP contribution in [0.1, 0.15) is 56.7 Å². The largest absolute Gasteiger partial charge is 0.467 e. The van der Waals surface area contributed by atoms with Crippen LogP contribution in [0.25, 0.3) is 0 Å². The average molecular weight is 429 g/mol. The summed E-state index contributed by atoms with van der Waals surface area (Å²) in [4.78, 5) is 27.7. The highest BCUT2D eigenvalue weighted by Gasteiger charge is 2.59. The Labute approximate surface area is 182 Å². The van der Waals surface area contributed by atoms with Crippen molar-refractivity contribution in [3.8, 4) is 6.07 Å². The van der Waals surface area contributed by atoms with E-state index in [1.165, 1.54) is 25.1 Å². The second-order valence-corrected chi connectivity index (χ2v) is 9.41. The third kappa shape index (κ3) is 3.58. The van der Waals surface area contributed by atoms with E-state index in [0.29, 0.717) is 36.8 Å². The number of carbonyl (C=O) groups excluding carboxylic acids is 2. The molecule has 2 atom stereocenters. The number of methoxy groups -OCH3 is 1. The van der Waals surface area contributed by atoms with E-state index in [1.807, 2.05) is 0 Å². The molecule has 0 saturated heterocycles. The second-order valence-electron chi connectivity index (χ2n) is 9.41. The maximum absolute atomic E-state index is 15.0. The van der Waals surface area contributed by atoms with Crippen molar-refractivity contribution in [3.63, 3.8) is 0 Å². The Morgan fingerprint density at radius 1 is 1.35 bits per heavy atom. The van der Waals surface area contributed by atoms with Gasteiger partial charge in [0.2, 0.25) is 0 Å². The number of esters is 1. The van der Waals surface area contributed by atoms with Crippen LogP contribution in [0.3, 0.4) is 0 Å². The van der Waals surface area contributed by atoms with Crippen LogP contribution in [-0.2, 0) is 31.6 Å². The van der Waals surface area contributed by atoms with Crippen LogP contribution < -0.4 is 0 Å². The minimum absolute atomic E-state index is 0.263. The summed E-state index contributed by atoms with van der Waals surface area (Å²) in [5, 5.41) is 9.62. The lowest BCUT2D eigenvalue weighted by Gasteiger charge is -2.41. The van der Waals surface area contributed by atoms with Gasteiger partial charge in [-0.1, -0.05) is 6.08 Å². The number of nitriles is 1. The molecule has 2 aliphatic carbocycles. The highest BCUT2D eigenvalue weighted by Crippen LogP contribution is 2.53. The lowest BCUT2D eigenvalue weighted by atomic mass is 9.79. The smallest absolute Gasteiger partial charge is 0.411 e. The topological polar surface area (TPSA) is 79.6 Å². The van der Waals surface area contributed by atoms with Crippen LogP contribution in [-0.4, -0.2) is 36.7 Å². The average Bonchev–Trinajstić information content (AvgIpc) is 3.42. The van der Waals surface area contributed by atoms with Crippen molar-refractivity contribution < 1.29 is 23.5 Å². The van der Waals surface area contributed by atoms with Gasteiger partial charge in [-0.2, -0.15) is 5.26 Å². The molecule has 0 radical (unpaired) electrons. The summed E-state index contributed by atoms with van der Waals surface area (Å²) in [6.45, 7) is 9.02. The van der Waals surface area contributed by atoms with E-state index in [1.54, 1.807) is 32.9 Å². The Hall–Kier alpha value is -2.88. The SMILES string of the molecule is C=CC[C@H]1Cc2cc(F)c(C3(C#N)CC3)cc2[C@]1(C(=O)OC)N(C)C(=O)OC(C)(C)C. The van der Waals surface area contributed by atoms with Gasteiger partial charge in [-0.15, -0.1) is 6.58 Å². The molecule has 0 aliphatic heterocycles. The molecule has 31 heavy (non-hydrogen) atoms. The van der Waals surface area contributed by atoms with E-state index < -0.39 is 40.4 Å². The van der Waals surface area contributed by atoms with Crippen LogP contribution >= 0.6 is 0 Å². The first kappa shape index (κ1) is 22.8. The molecule has 0 unspecified atom stereocenters. The van der Waals surface area contributed by atoms with Gasteiger partial charge in [0.15, 0.2) is 5.54 Å². The van der Waals surface area contributed by atoms with Gasteiger partial charge in [0.05, 0.1) is 18.6 Å². The fraction of sp³-hybridized carbons (Fsp3) is 0.542. The van der Waals surface area contributed by atoms with Crippen molar-refractivity contribution >= 4 is 12.1 Å². The molecule has 7 heteroatoms. The highest BCUT2D eigenvalue weighted by molar-refractivity contribution is 5.89. The predicted molar refractivity (Wildman–Crippen MR) is 113 cm³/mol. The molecule has 0 bridgehead atoms. The molecule has 1 aromatic carbocycles. The number of rotatable bonds is 5. The summed E-state index contributed by atoms with van der Waals surface area (Å²) in [7, 11) is 2.76. The summed E-state index contributed by atoms with van der Waals surface area (Å²) in [6, 6.07) is 5.19. The highest BCUT2D eigenvalue weighted by atomic mass is 19.1. The summed E-state index contributed by atoms with van der Waals surface area (Å²) in [5.41, 5.74) is -1.82. The van der Waals surface area contributed by atoms with E-state index in [2.05, 4.69) is 12.6 Å². The zero-order valence-corrected chi connectivity index (χ0v) is 18.8. The monoisotopic (exact) mass is 428 g/mol. The normalized spacial score (nSPS) is 23.3. The second kappa shape index (κ2) is 7.67. The molecule has 0 aromatic heterocycles. The van der Waals surface area contributed by atoms with Crippen molar-refractivity contribution in [3.05, 3.63) is 47.3 Å². The Morgan fingerprint density at radius 3 is 2.48 bits per heavy atom. The van der Waals surface area contributed by atoms with Crippen molar-refractivity contribution in [2.45, 2.75) is 63.0 Å². The van der Waals surface area contributed by atoms with E-state index in [0.717, 1.165) is 0 Å². The Balaban J connectivity index is 2.25. The summed E-state index contributed by atoms with van der Waals surface area (Å²) in [5.74, 6) is -1.52. The van der Waals surface area contributed by atoms with Gasteiger partial charge < -0.3 is 9.47 Å². The standard InChI is InChI=1S/C24H29FN2O4/c1-7-8-16-11-15-12-19(25)18(23(14-26)9-10-23)13-17(15)24(16,20(28)30-6)27(5)21(29)31-22(2,3)4/h7,12-13,16H,1,8-11H2,2-6H3/t16-,24+/m0/s1. The number of carbonyl (C=O) groups is 2. The van der Waals surface area contributed by atoms with Crippen molar-refractivity contribution in [1.82, 2.24) is 4.90 Å². The van der Waals surface area contributed by atoms with Gasteiger partial charge in [-0.3, -0.25) is 4.90 Å². The number of hydrogen-bond acceptors (Lipinski definition) is 5. The molecule has 0 N–H and O–H groups in total. The minimum atomic E-state index is -1.52. The number of benzene rings is 1. The predicted octanol–water partition coefficient (Wildman–Crippen LogP) is 4.36. The fourth-order valence-corrected chi connectivity index (χ4v) is 4.66. The van der Waals surface area contributed by atoms with E-state index in [9.17, 15) is 14.9 Å². The summed E-state index contributed by atoms with van der Waals surface area (Å²) >= 11 is 0. The molecular weight excluding hydrogens is 399 g/mol. The zero-order valence-electron chi connectivity index (χ0n) is 18.8. The quantitative estimate of drug-likeness (QED) is 0.514. The molecule has 1 fully saturated rings. The number of allylic oxidation sites excluding steroid dienone is 1. The molecular formula is C24H29FN2O4. The lowest BCUT2D eigenvalue weighted by Crippen LogP contribution is -2.57. The van der Waals surface area contributed by atoms with Crippen molar-refractivity contribution in [2.24, 2.45) is 5.92 Å². The van der Waals surface area contributed by atoms with Crippen LogP contribution in [0.15, 0.2) is 24.8 Å². The van der Waals surface area contributed by atoms with Crippen molar-refractivity contribution in [2.75, 3.05) is 14.2 Å². The maximum Gasteiger partial charge on any atom is 0.411 e. The van der Waals surface area contributed by atoms with Gasteiger partial charge in [0.25, 0.3) is 0 Å². The number of halogens is 1. The molecule has 166 valence electrons. The molecule has 1 amide bonds. The van der Waals surface area contributed by atoms with Gasteiger partial charge in [0, 0.05) is 18.5 Å². The third-order valence-corrected chi connectivity index (χ3v) is 6.28. The maximum atomic E-state index is 15.0. The number of ether oxygens (including phenoxy) is 2. The van der Waals surface area contributed by atoms with Crippen LogP contribution in [0.4, 0.5) is 9.18 Å². The van der Waals surface area contributed by atoms with Gasteiger partial charge in [-0.05, 0) is 69.7 Å². The zero-order chi connectivity index (χ0) is 23.2. The van der Waals surface area contributed by atoms with Crippen LogP contribution in [0, 0.1) is 23.1 Å². The Morgan fingerprint density at radius 2 is 2.00 bits per heavy atom. The third-order valence-electron chi connectivity index (χ3n) is 6.28. The fourth-order valence-electron chi connectivity index (χ4n) is 4.66. The van der Waals surface area contributed by atoms with Gasteiger partial charge in [-0.25, -0.2) is 14.0 Å². The Kier molecular flexibility index (Phi) is 5.64. The summed E-state index contributed by atoms with van der Waals surface area (Å²) in [6.07, 6.45) is 2.86. The molecule has 2 aliphatic rings. The Bertz CT molecular complexity index is 971. The summed E-state index contributed by atoms with van der Waals surface area (Å²) < 4.78 is 25.7. The number of amides is 1. The van der Waals surface area contributed by atoms with E-state index in [-0.39, 0.29) is 5.56 Å². The first-order valence-electron chi connectivity index (χ1n) is 10.4. The molecule has 3 rings (SSSR count). The van der Waals surface area contributed by atoms with E-state index in [4.69, 9.17) is 9.47 Å². The number of nitrogens with zero attached hydrogens (tertiary/aromatic N) is 2. The number of likely N-dealkylation sites (N-methyl/N-ethyl adjacent to an activating group) is 1. The molecule has 0 heterocycles. The van der Waals surface area contributed by atoms with Gasteiger partial charge in [0.1, 0.15) is 11.4 Å². The molecule has 0 spiro atoms. The van der Waals surface area contributed by atoms with Crippen LogP contribution in [0.5, 0.6) is 0 Å². The van der Waals surface area contributed by atoms with Crippen molar-refractivity contribution in [1.29, 1.82) is 5.26 Å². The number of hydrogen-bond donors (Lipinski definition) is 0. The molecule has 1 saturated carbocycles. The molecule has 1 aromatic rings. The first-order valence-corrected chi connectivity index (χ1v) is 10.4.